The predicted molar refractivity (Wildman–Crippen MR) is 127 cm³/mol. The van der Waals surface area contributed by atoms with E-state index in [1.165, 1.54) is 0 Å². The molecule has 2 heterocycles. The van der Waals surface area contributed by atoms with Crippen LogP contribution in [-0.2, 0) is 27.2 Å². The molecule has 1 aliphatic heterocycles. The van der Waals surface area contributed by atoms with Crippen molar-refractivity contribution in [3.63, 3.8) is 0 Å². The van der Waals surface area contributed by atoms with E-state index in [0.717, 1.165) is 29.8 Å². The number of aromatic nitrogens is 2. The minimum atomic E-state index is -4.85. The lowest BCUT2D eigenvalue weighted by molar-refractivity contribution is -0.144. The Labute approximate surface area is 204 Å². The third-order valence-electron chi connectivity index (χ3n) is 6.70. The van der Waals surface area contributed by atoms with Crippen LogP contribution in [0.4, 0.5) is 18.9 Å². The summed E-state index contributed by atoms with van der Waals surface area (Å²) in [6.07, 6.45) is -0.183. The van der Waals surface area contributed by atoms with Crippen molar-refractivity contribution in [2.45, 2.75) is 89.3 Å². The van der Waals surface area contributed by atoms with Gasteiger partial charge < -0.3 is 19.5 Å². The molecule has 3 rings (SSSR count). The standard InChI is InChI=1S/C23H36F3N3O5Si/c1-35(2,3)11-10-33-15-29-21(30)20(23(24,25)26)19(13-27-29)28-9-5-7-17(28)14-34-18-8-4-6-16(12-18)22(31)32/h13,16-18H,4-12,14-15H2,1-3H3,(H,31,32)/t16?,17-,18?/m0/s1. The monoisotopic (exact) mass is 519 g/mol. The number of hydrogen-bond acceptors (Lipinski definition) is 6. The molecule has 1 saturated heterocycles. The van der Waals surface area contributed by atoms with Crippen molar-refractivity contribution in [3.8, 4) is 0 Å². The molecule has 35 heavy (non-hydrogen) atoms. The molecular weight excluding hydrogens is 483 g/mol. The van der Waals surface area contributed by atoms with Crippen molar-refractivity contribution < 1.29 is 32.5 Å². The Balaban J connectivity index is 1.72. The summed E-state index contributed by atoms with van der Waals surface area (Å²) in [6, 6.07) is 0.488. The summed E-state index contributed by atoms with van der Waals surface area (Å²) in [5, 5.41) is 13.3. The smallest absolute Gasteiger partial charge is 0.423 e. The molecule has 8 nitrogen and oxygen atoms in total. The number of carbonyl (C=O) groups is 1. The average molecular weight is 520 g/mol. The molecule has 1 aromatic heterocycles. The van der Waals surface area contributed by atoms with E-state index in [4.69, 9.17) is 9.47 Å². The molecular formula is C23H36F3N3O5Si. The van der Waals surface area contributed by atoms with Gasteiger partial charge in [-0.1, -0.05) is 26.1 Å². The molecule has 3 atom stereocenters. The number of hydrogen-bond donors (Lipinski definition) is 1. The Morgan fingerprint density at radius 3 is 2.63 bits per heavy atom. The van der Waals surface area contributed by atoms with E-state index < -0.39 is 37.3 Å². The van der Waals surface area contributed by atoms with Crippen molar-refractivity contribution >= 4 is 19.7 Å². The van der Waals surface area contributed by atoms with Gasteiger partial charge >= 0.3 is 12.1 Å². The summed E-state index contributed by atoms with van der Waals surface area (Å²) in [6.45, 7) is 7.05. The molecule has 0 radical (unpaired) electrons. The highest BCUT2D eigenvalue weighted by Gasteiger charge is 2.41. The summed E-state index contributed by atoms with van der Waals surface area (Å²) >= 11 is 0. The van der Waals surface area contributed by atoms with Gasteiger partial charge in [0.15, 0.2) is 0 Å². The van der Waals surface area contributed by atoms with Gasteiger partial charge in [-0.2, -0.15) is 18.3 Å². The van der Waals surface area contributed by atoms with Crippen molar-refractivity contribution in [2.75, 3.05) is 24.7 Å². The maximum Gasteiger partial charge on any atom is 0.423 e. The number of halogens is 3. The van der Waals surface area contributed by atoms with Gasteiger partial charge in [0.05, 0.1) is 36.6 Å². The second-order valence-electron chi connectivity index (χ2n) is 10.7. The van der Waals surface area contributed by atoms with Crippen LogP contribution in [0.1, 0.15) is 44.1 Å². The molecule has 1 aliphatic carbocycles. The highest BCUT2D eigenvalue weighted by Crippen LogP contribution is 2.37. The SMILES string of the molecule is C[Si](C)(C)CCOCn1ncc(N2CCC[C@H]2COC2CCCC(C(=O)O)C2)c(C(F)(F)F)c1=O. The molecule has 198 valence electrons. The quantitative estimate of drug-likeness (QED) is 0.366. The Morgan fingerprint density at radius 1 is 1.23 bits per heavy atom. The summed E-state index contributed by atoms with van der Waals surface area (Å²) in [7, 11) is -1.37. The number of aliphatic carboxylic acids is 1. The van der Waals surface area contributed by atoms with E-state index in [-0.39, 0.29) is 31.2 Å². The van der Waals surface area contributed by atoms with Crippen LogP contribution in [0.15, 0.2) is 11.0 Å². The zero-order valence-electron chi connectivity index (χ0n) is 20.6. The van der Waals surface area contributed by atoms with Crippen molar-refractivity contribution in [3.05, 3.63) is 22.1 Å². The van der Waals surface area contributed by atoms with Gasteiger partial charge in [0.2, 0.25) is 0 Å². The summed E-state index contributed by atoms with van der Waals surface area (Å²) in [5.74, 6) is -1.29. The molecule has 2 aliphatic rings. The fourth-order valence-electron chi connectivity index (χ4n) is 4.68. The minimum Gasteiger partial charge on any atom is -0.481 e. The van der Waals surface area contributed by atoms with Gasteiger partial charge in [-0.25, -0.2) is 4.68 Å². The fraction of sp³-hybridized carbons (Fsp3) is 0.783. The number of ether oxygens (including phenoxy) is 2. The molecule has 2 unspecified atom stereocenters. The van der Waals surface area contributed by atoms with Crippen LogP contribution in [-0.4, -0.2) is 60.8 Å². The van der Waals surface area contributed by atoms with Gasteiger partial charge in [-0.3, -0.25) is 9.59 Å². The Hall–Kier alpha value is -1.92. The number of rotatable bonds is 10. The lowest BCUT2D eigenvalue weighted by Gasteiger charge is -2.32. The van der Waals surface area contributed by atoms with Crippen LogP contribution >= 0.6 is 0 Å². The zero-order valence-corrected chi connectivity index (χ0v) is 21.6. The van der Waals surface area contributed by atoms with Crippen LogP contribution < -0.4 is 10.5 Å². The Morgan fingerprint density at radius 2 is 1.97 bits per heavy atom. The first-order valence-electron chi connectivity index (χ1n) is 12.2. The van der Waals surface area contributed by atoms with Gasteiger partial charge in [-0.15, -0.1) is 0 Å². The van der Waals surface area contributed by atoms with Crippen molar-refractivity contribution in [2.24, 2.45) is 5.92 Å². The normalized spacial score (nSPS) is 23.6. The van der Waals surface area contributed by atoms with Crippen LogP contribution in [0, 0.1) is 5.92 Å². The fourth-order valence-corrected chi connectivity index (χ4v) is 5.44. The first-order chi connectivity index (χ1) is 16.4. The molecule has 2 fully saturated rings. The maximum atomic E-state index is 14.0. The lowest BCUT2D eigenvalue weighted by atomic mass is 9.87. The third kappa shape index (κ3) is 7.53. The number of carboxylic acid groups (broad SMARTS) is 1. The van der Waals surface area contributed by atoms with Gasteiger partial charge in [0.1, 0.15) is 12.3 Å². The first kappa shape index (κ1) is 27.7. The summed E-state index contributed by atoms with van der Waals surface area (Å²) in [5.41, 5.74) is -2.69. The second kappa shape index (κ2) is 11.4. The highest BCUT2D eigenvalue weighted by atomic mass is 28.3. The van der Waals surface area contributed by atoms with E-state index in [1.807, 2.05) is 0 Å². The number of anilines is 1. The molecule has 1 N–H and O–H groups in total. The minimum absolute atomic E-state index is 0.178. The average Bonchev–Trinajstić information content (AvgIpc) is 3.23. The molecule has 0 spiro atoms. The van der Waals surface area contributed by atoms with Crippen LogP contribution in [0.2, 0.25) is 25.7 Å². The van der Waals surface area contributed by atoms with E-state index >= 15 is 0 Å². The molecule has 12 heteroatoms. The zero-order chi connectivity index (χ0) is 25.8. The van der Waals surface area contributed by atoms with Crippen molar-refractivity contribution in [1.82, 2.24) is 9.78 Å². The molecule has 0 bridgehead atoms. The summed E-state index contributed by atoms with van der Waals surface area (Å²) in [4.78, 5) is 25.7. The number of carboxylic acids is 1. The van der Waals surface area contributed by atoms with Crippen LogP contribution in [0.3, 0.4) is 0 Å². The van der Waals surface area contributed by atoms with Gasteiger partial charge in [-0.05, 0) is 38.1 Å². The first-order valence-corrected chi connectivity index (χ1v) is 15.9. The largest absolute Gasteiger partial charge is 0.481 e. The number of nitrogens with zero attached hydrogens (tertiary/aromatic N) is 3. The predicted octanol–water partition coefficient (Wildman–Crippen LogP) is 4.20. The molecule has 0 aromatic carbocycles. The molecule has 0 amide bonds. The third-order valence-corrected chi connectivity index (χ3v) is 8.41. The van der Waals surface area contributed by atoms with Crippen molar-refractivity contribution in [1.29, 1.82) is 0 Å². The van der Waals surface area contributed by atoms with E-state index in [9.17, 15) is 27.9 Å². The molecule has 1 saturated carbocycles. The second-order valence-corrected chi connectivity index (χ2v) is 16.3. The Kier molecular flexibility index (Phi) is 9.03. The Bertz CT molecular complexity index is 934. The van der Waals surface area contributed by atoms with Crippen LogP contribution in [0.5, 0.6) is 0 Å². The van der Waals surface area contributed by atoms with Crippen LogP contribution in [0.25, 0.3) is 0 Å². The van der Waals surface area contributed by atoms with Gasteiger partial charge in [0.25, 0.3) is 5.56 Å². The topological polar surface area (TPSA) is 93.9 Å². The molecule has 1 aromatic rings. The number of alkyl halides is 3. The lowest BCUT2D eigenvalue weighted by Crippen LogP contribution is -2.40. The van der Waals surface area contributed by atoms with E-state index in [1.54, 1.807) is 4.90 Å². The summed E-state index contributed by atoms with van der Waals surface area (Å²) < 4.78 is 54.2. The highest BCUT2D eigenvalue weighted by molar-refractivity contribution is 6.76. The van der Waals surface area contributed by atoms with Gasteiger partial charge in [0, 0.05) is 21.2 Å². The maximum absolute atomic E-state index is 14.0. The van der Waals surface area contributed by atoms with E-state index in [0.29, 0.717) is 38.8 Å². The van der Waals surface area contributed by atoms with E-state index in [2.05, 4.69) is 24.7 Å².